The molecule has 1 unspecified atom stereocenters. The van der Waals surface area contributed by atoms with Crippen LogP contribution in [0.2, 0.25) is 0 Å². The van der Waals surface area contributed by atoms with Gasteiger partial charge in [0.1, 0.15) is 17.4 Å². The number of rotatable bonds is 5. The summed E-state index contributed by atoms with van der Waals surface area (Å²) in [6.45, 7) is 2.46. The second kappa shape index (κ2) is 7.72. The number of aromatic nitrogens is 2. The molecule has 4 rings (SSSR count). The first-order valence-corrected chi connectivity index (χ1v) is 9.33. The first-order chi connectivity index (χ1) is 14.6. The van der Waals surface area contributed by atoms with Gasteiger partial charge in [-0.25, -0.2) is 0 Å². The molecule has 8 nitrogen and oxygen atoms in total. The highest BCUT2D eigenvalue weighted by Crippen LogP contribution is 2.47. The molecule has 1 atom stereocenters. The number of nitrogens with zero attached hydrogens (tertiary/aromatic N) is 2. The Balaban J connectivity index is 1.90. The van der Waals surface area contributed by atoms with Crippen LogP contribution < -0.4 is 19.9 Å². The van der Waals surface area contributed by atoms with Crippen molar-refractivity contribution >= 4 is 0 Å². The van der Waals surface area contributed by atoms with Crippen LogP contribution in [-0.4, -0.2) is 29.0 Å². The van der Waals surface area contributed by atoms with E-state index in [0.717, 1.165) is 5.56 Å². The number of aromatic amines is 1. The van der Waals surface area contributed by atoms with Crippen LogP contribution in [0.15, 0.2) is 53.9 Å². The quantitative estimate of drug-likeness (QED) is 0.595. The van der Waals surface area contributed by atoms with Crippen molar-refractivity contribution in [3.8, 4) is 40.5 Å². The van der Waals surface area contributed by atoms with E-state index in [-0.39, 0.29) is 23.1 Å². The summed E-state index contributed by atoms with van der Waals surface area (Å²) in [5.41, 5.74) is 9.04. The maximum atomic E-state index is 10.3. The largest absolute Gasteiger partial charge is 0.504 e. The first kappa shape index (κ1) is 19.2. The maximum Gasteiger partial charge on any atom is 0.244 e. The molecule has 4 N–H and O–H groups in total. The molecule has 0 saturated carbocycles. The number of methoxy groups -OCH3 is 1. The number of nitrogens with one attached hydrogen (secondary N) is 1. The minimum absolute atomic E-state index is 0.0218. The second-order valence-corrected chi connectivity index (χ2v) is 6.63. The van der Waals surface area contributed by atoms with Crippen molar-refractivity contribution in [2.75, 3.05) is 13.7 Å². The van der Waals surface area contributed by atoms with E-state index in [2.05, 4.69) is 16.3 Å². The standard InChI is InChI=1S/C22H20N4O4/c1-3-29-14-6-4-5-13(9-14)20-19-18(12-7-8-17(28-2)16(27)10-12)15(11-23)21(24)30-22(19)26-25-20/h4-10,18,27H,3,24H2,1-2H3,(H,25,26). The van der Waals surface area contributed by atoms with E-state index < -0.39 is 5.92 Å². The van der Waals surface area contributed by atoms with Gasteiger partial charge in [0.05, 0.1) is 30.9 Å². The summed E-state index contributed by atoms with van der Waals surface area (Å²) in [5, 5.41) is 27.4. The average molecular weight is 404 g/mol. The lowest BCUT2D eigenvalue weighted by Crippen LogP contribution is -2.21. The fourth-order valence-corrected chi connectivity index (χ4v) is 3.59. The molecule has 0 bridgehead atoms. The van der Waals surface area contributed by atoms with Gasteiger partial charge in [0.2, 0.25) is 11.8 Å². The number of H-pyrrole nitrogens is 1. The number of fused-ring (bicyclic) bond motifs is 1. The molecule has 2 heterocycles. The van der Waals surface area contributed by atoms with Crippen molar-refractivity contribution in [1.29, 1.82) is 5.26 Å². The van der Waals surface area contributed by atoms with Gasteiger partial charge in [-0.05, 0) is 36.8 Å². The molecule has 1 aliphatic heterocycles. The van der Waals surface area contributed by atoms with Crippen LogP contribution in [0, 0.1) is 11.3 Å². The number of benzene rings is 2. The molecule has 30 heavy (non-hydrogen) atoms. The van der Waals surface area contributed by atoms with Crippen LogP contribution in [-0.2, 0) is 0 Å². The highest BCUT2D eigenvalue weighted by Gasteiger charge is 2.36. The third kappa shape index (κ3) is 3.16. The van der Waals surface area contributed by atoms with Crippen LogP contribution in [0.25, 0.3) is 11.3 Å². The predicted molar refractivity (Wildman–Crippen MR) is 109 cm³/mol. The SMILES string of the molecule is CCOc1cccc(-c2[nH]nc3c2C(c2ccc(OC)c(O)c2)C(C#N)=C(N)O3)c1. The summed E-state index contributed by atoms with van der Waals surface area (Å²) in [5.74, 6) is 0.681. The van der Waals surface area contributed by atoms with E-state index in [1.807, 2.05) is 31.2 Å². The lowest BCUT2D eigenvalue weighted by molar-refractivity contribution is 0.340. The Morgan fingerprint density at radius 1 is 1.30 bits per heavy atom. The van der Waals surface area contributed by atoms with E-state index >= 15 is 0 Å². The van der Waals surface area contributed by atoms with E-state index in [4.69, 9.17) is 19.9 Å². The van der Waals surface area contributed by atoms with Gasteiger partial charge in [-0.3, -0.25) is 5.10 Å². The second-order valence-electron chi connectivity index (χ2n) is 6.63. The zero-order valence-corrected chi connectivity index (χ0v) is 16.5. The van der Waals surface area contributed by atoms with Crippen molar-refractivity contribution in [1.82, 2.24) is 10.2 Å². The highest BCUT2D eigenvalue weighted by molar-refractivity contribution is 5.72. The molecule has 152 valence electrons. The Labute approximate surface area is 173 Å². The fraction of sp³-hybridized carbons (Fsp3) is 0.182. The zero-order chi connectivity index (χ0) is 21.3. The van der Waals surface area contributed by atoms with Gasteiger partial charge in [0.25, 0.3) is 0 Å². The van der Waals surface area contributed by atoms with Gasteiger partial charge in [0, 0.05) is 5.56 Å². The van der Waals surface area contributed by atoms with Gasteiger partial charge in [-0.15, -0.1) is 5.10 Å². The molecule has 8 heteroatoms. The average Bonchev–Trinajstić information content (AvgIpc) is 3.16. The fourth-order valence-electron chi connectivity index (χ4n) is 3.59. The molecule has 1 aliphatic rings. The minimum atomic E-state index is -0.583. The number of nitriles is 1. The molecule has 2 aromatic carbocycles. The summed E-state index contributed by atoms with van der Waals surface area (Å²) >= 11 is 0. The number of hydrogen-bond acceptors (Lipinski definition) is 7. The topological polar surface area (TPSA) is 126 Å². The number of ether oxygens (including phenoxy) is 3. The number of aromatic hydroxyl groups is 1. The molecule has 1 aromatic heterocycles. The smallest absolute Gasteiger partial charge is 0.244 e. The maximum absolute atomic E-state index is 10.3. The third-order valence-electron chi connectivity index (χ3n) is 4.91. The molecule has 0 aliphatic carbocycles. The summed E-state index contributed by atoms with van der Waals surface area (Å²) < 4.78 is 16.4. The van der Waals surface area contributed by atoms with Crippen molar-refractivity contribution in [2.24, 2.45) is 5.73 Å². The summed E-state index contributed by atoms with van der Waals surface area (Å²) in [6.07, 6.45) is 0. The van der Waals surface area contributed by atoms with Crippen molar-refractivity contribution < 1.29 is 19.3 Å². The Bertz CT molecular complexity index is 1180. The predicted octanol–water partition coefficient (Wildman–Crippen LogP) is 3.41. The van der Waals surface area contributed by atoms with Gasteiger partial charge in [0.15, 0.2) is 11.5 Å². The summed E-state index contributed by atoms with van der Waals surface area (Å²) in [6, 6.07) is 14.6. The Morgan fingerprint density at radius 3 is 2.83 bits per heavy atom. The molecule has 0 radical (unpaired) electrons. The van der Waals surface area contributed by atoms with E-state index in [9.17, 15) is 10.4 Å². The van der Waals surface area contributed by atoms with Crippen LogP contribution in [0.5, 0.6) is 23.1 Å². The highest BCUT2D eigenvalue weighted by atomic mass is 16.5. The number of hydrogen-bond donors (Lipinski definition) is 3. The lowest BCUT2D eigenvalue weighted by Gasteiger charge is -2.24. The summed E-state index contributed by atoms with van der Waals surface area (Å²) in [7, 11) is 1.47. The lowest BCUT2D eigenvalue weighted by atomic mass is 9.83. The Hall–Kier alpha value is -4.12. The van der Waals surface area contributed by atoms with Crippen molar-refractivity contribution in [3.63, 3.8) is 0 Å². The molecule has 0 fully saturated rings. The molecule has 0 saturated heterocycles. The monoisotopic (exact) mass is 404 g/mol. The normalized spacial score (nSPS) is 15.2. The number of nitrogens with two attached hydrogens (primary N) is 1. The van der Waals surface area contributed by atoms with Crippen LogP contribution in [0.3, 0.4) is 0 Å². The third-order valence-corrected chi connectivity index (χ3v) is 4.91. The Morgan fingerprint density at radius 2 is 2.13 bits per heavy atom. The van der Waals surface area contributed by atoms with Gasteiger partial charge in [-0.1, -0.05) is 18.2 Å². The van der Waals surface area contributed by atoms with Crippen LogP contribution >= 0.6 is 0 Å². The van der Waals surface area contributed by atoms with Crippen molar-refractivity contribution in [2.45, 2.75) is 12.8 Å². The number of phenolic OH excluding ortho intramolecular Hbond substituents is 1. The molecule has 0 amide bonds. The number of phenols is 1. The van der Waals surface area contributed by atoms with Crippen LogP contribution in [0.1, 0.15) is 24.0 Å². The summed E-state index contributed by atoms with van der Waals surface area (Å²) in [4.78, 5) is 0. The van der Waals surface area contributed by atoms with Crippen LogP contribution in [0.4, 0.5) is 0 Å². The Kier molecular flexibility index (Phi) is 4.94. The van der Waals surface area contributed by atoms with E-state index in [0.29, 0.717) is 34.9 Å². The number of allylic oxidation sites excluding steroid dienone is 1. The zero-order valence-electron chi connectivity index (χ0n) is 16.5. The van der Waals surface area contributed by atoms with E-state index in [1.54, 1.807) is 18.2 Å². The molecular formula is C22H20N4O4. The minimum Gasteiger partial charge on any atom is -0.504 e. The molecule has 0 spiro atoms. The van der Waals surface area contributed by atoms with Gasteiger partial charge >= 0.3 is 0 Å². The molecule has 3 aromatic rings. The first-order valence-electron chi connectivity index (χ1n) is 9.33. The van der Waals surface area contributed by atoms with Gasteiger partial charge < -0.3 is 25.1 Å². The van der Waals surface area contributed by atoms with Crippen molar-refractivity contribution in [3.05, 3.63) is 65.0 Å². The van der Waals surface area contributed by atoms with Gasteiger partial charge in [-0.2, -0.15) is 5.26 Å². The van der Waals surface area contributed by atoms with E-state index in [1.165, 1.54) is 7.11 Å². The molecular weight excluding hydrogens is 384 g/mol.